The first-order valence-corrected chi connectivity index (χ1v) is 11.6. The van der Waals surface area contributed by atoms with Gasteiger partial charge in [-0.2, -0.15) is 11.3 Å². The van der Waals surface area contributed by atoms with Gasteiger partial charge in [-0.25, -0.2) is 0 Å². The Bertz CT molecular complexity index is 847. The van der Waals surface area contributed by atoms with Crippen molar-refractivity contribution in [1.29, 1.82) is 0 Å². The maximum atomic E-state index is 5.82. The number of hydrogen-bond donors (Lipinski definition) is 0. The minimum Gasteiger partial charge on any atom is -0.373 e. The summed E-state index contributed by atoms with van der Waals surface area (Å²) >= 11 is 1.71. The predicted molar refractivity (Wildman–Crippen MR) is 131 cm³/mol. The van der Waals surface area contributed by atoms with Crippen LogP contribution in [0.3, 0.4) is 0 Å². The van der Waals surface area contributed by atoms with E-state index in [0.29, 0.717) is 13.2 Å². The first kappa shape index (κ1) is 24.2. The summed E-state index contributed by atoms with van der Waals surface area (Å²) in [6.07, 6.45) is 9.47. The average Bonchev–Trinajstić information content (AvgIpc) is 3.20. The number of benzene rings is 1. The largest absolute Gasteiger partial charge is 0.373 e. The smallest absolute Gasteiger partial charge is 0.0721 e. The van der Waals surface area contributed by atoms with Crippen LogP contribution in [0.15, 0.2) is 59.3 Å². The molecular weight excluding hydrogens is 386 g/mol. The zero-order valence-electron chi connectivity index (χ0n) is 18.9. The van der Waals surface area contributed by atoms with Gasteiger partial charge in [0.05, 0.1) is 13.2 Å². The highest BCUT2D eigenvalue weighted by molar-refractivity contribution is 7.08. The van der Waals surface area contributed by atoms with E-state index in [1.807, 2.05) is 6.08 Å². The van der Waals surface area contributed by atoms with Crippen LogP contribution in [0.2, 0.25) is 0 Å². The lowest BCUT2D eigenvalue weighted by atomic mass is 9.98. The number of hydrogen-bond acceptors (Lipinski definition) is 3. The lowest BCUT2D eigenvalue weighted by Gasteiger charge is -2.20. The van der Waals surface area contributed by atoms with Crippen molar-refractivity contribution >= 4 is 17.4 Å². The van der Waals surface area contributed by atoms with E-state index in [2.05, 4.69) is 104 Å². The van der Waals surface area contributed by atoms with Gasteiger partial charge in [-0.15, -0.1) is 0 Å². The number of allylic oxidation sites excluding steroid dienone is 1. The molecule has 0 aliphatic rings. The Morgan fingerprint density at radius 1 is 1.13 bits per heavy atom. The average molecular weight is 422 g/mol. The van der Waals surface area contributed by atoms with Crippen molar-refractivity contribution in [2.24, 2.45) is 5.41 Å². The zero-order chi connectivity index (χ0) is 21.7. The van der Waals surface area contributed by atoms with Gasteiger partial charge in [0, 0.05) is 18.5 Å². The van der Waals surface area contributed by atoms with E-state index in [1.54, 1.807) is 11.3 Å². The summed E-state index contributed by atoms with van der Waals surface area (Å²) in [5.74, 6) is 6.41. The Kier molecular flexibility index (Phi) is 10.7. The first-order chi connectivity index (χ1) is 14.5. The van der Waals surface area contributed by atoms with Crippen molar-refractivity contribution in [3.8, 4) is 11.8 Å². The topological polar surface area (TPSA) is 12.5 Å². The lowest BCUT2D eigenvalue weighted by molar-refractivity contribution is 0.149. The van der Waals surface area contributed by atoms with Gasteiger partial charge in [0.15, 0.2) is 0 Å². The molecule has 0 amide bonds. The van der Waals surface area contributed by atoms with E-state index in [4.69, 9.17) is 4.74 Å². The highest BCUT2D eigenvalue weighted by Crippen LogP contribution is 2.12. The molecule has 0 aliphatic carbocycles. The summed E-state index contributed by atoms with van der Waals surface area (Å²) < 4.78 is 5.82. The van der Waals surface area contributed by atoms with Crippen molar-refractivity contribution in [3.05, 3.63) is 76.0 Å². The van der Waals surface area contributed by atoms with Gasteiger partial charge in [0.25, 0.3) is 0 Å². The second-order valence-corrected chi connectivity index (χ2v) is 9.23. The van der Waals surface area contributed by atoms with Crippen LogP contribution in [0, 0.1) is 17.3 Å². The van der Waals surface area contributed by atoms with E-state index in [-0.39, 0.29) is 5.41 Å². The van der Waals surface area contributed by atoms with Gasteiger partial charge in [-0.05, 0) is 73.3 Å². The van der Waals surface area contributed by atoms with Crippen LogP contribution < -0.4 is 0 Å². The highest BCUT2D eigenvalue weighted by atomic mass is 32.1. The first-order valence-electron chi connectivity index (χ1n) is 10.7. The molecule has 0 saturated heterocycles. The molecule has 0 spiro atoms. The number of thiophene rings is 1. The standard InChI is InChI=1S/C27H35NOS/c1-5-16-28(17-8-6-7-15-27(2,3)4)21-25-11-9-12-26(20-25)22-29-18-10-13-24-14-19-30-23-24/h6,8-14,19-20,23H,5,16-18,21-22H2,1-4H3/b8-6+,13-10+. The molecule has 0 saturated carbocycles. The van der Waals surface area contributed by atoms with E-state index in [0.717, 1.165) is 26.1 Å². The van der Waals surface area contributed by atoms with Gasteiger partial charge in [0.1, 0.15) is 0 Å². The molecule has 2 nitrogen and oxygen atoms in total. The van der Waals surface area contributed by atoms with Crippen molar-refractivity contribution in [3.63, 3.8) is 0 Å². The van der Waals surface area contributed by atoms with Gasteiger partial charge >= 0.3 is 0 Å². The lowest BCUT2D eigenvalue weighted by Crippen LogP contribution is -2.24. The molecule has 1 aromatic heterocycles. The van der Waals surface area contributed by atoms with Crippen LogP contribution in [-0.2, 0) is 17.9 Å². The molecule has 3 heteroatoms. The van der Waals surface area contributed by atoms with Crippen LogP contribution in [0.25, 0.3) is 6.08 Å². The van der Waals surface area contributed by atoms with Gasteiger partial charge in [-0.3, -0.25) is 4.90 Å². The van der Waals surface area contributed by atoms with Gasteiger partial charge < -0.3 is 4.74 Å². The van der Waals surface area contributed by atoms with Crippen LogP contribution >= 0.6 is 11.3 Å². The minimum atomic E-state index is 0.0512. The molecule has 30 heavy (non-hydrogen) atoms. The monoisotopic (exact) mass is 421 g/mol. The summed E-state index contributed by atoms with van der Waals surface area (Å²) in [5, 5.41) is 4.22. The number of rotatable bonds is 11. The molecule has 160 valence electrons. The normalized spacial score (nSPS) is 12.0. The van der Waals surface area contributed by atoms with Crippen LogP contribution in [0.4, 0.5) is 0 Å². The Balaban J connectivity index is 1.83. The third-order valence-electron chi connectivity index (χ3n) is 4.29. The van der Waals surface area contributed by atoms with Crippen LogP contribution in [0.5, 0.6) is 0 Å². The molecular formula is C27H35NOS. The minimum absolute atomic E-state index is 0.0512. The van der Waals surface area contributed by atoms with Crippen LogP contribution in [-0.4, -0.2) is 24.6 Å². The fraction of sp³-hybridized carbons (Fsp3) is 0.407. The number of ether oxygens (including phenoxy) is 1. The summed E-state index contributed by atoms with van der Waals surface area (Å²) in [7, 11) is 0. The Morgan fingerprint density at radius 2 is 1.97 bits per heavy atom. The molecule has 0 bridgehead atoms. The van der Waals surface area contributed by atoms with Gasteiger partial charge in [-0.1, -0.05) is 61.3 Å². The molecule has 1 heterocycles. The van der Waals surface area contributed by atoms with Crippen molar-refractivity contribution in [2.75, 3.05) is 19.7 Å². The van der Waals surface area contributed by atoms with Crippen molar-refractivity contribution in [2.45, 2.75) is 47.3 Å². The van der Waals surface area contributed by atoms with Gasteiger partial charge in [0.2, 0.25) is 0 Å². The van der Waals surface area contributed by atoms with Crippen molar-refractivity contribution < 1.29 is 4.74 Å². The van der Waals surface area contributed by atoms with Crippen LogP contribution in [0.1, 0.15) is 50.8 Å². The zero-order valence-corrected chi connectivity index (χ0v) is 19.7. The summed E-state index contributed by atoms with van der Waals surface area (Å²) in [6, 6.07) is 10.8. The summed E-state index contributed by atoms with van der Waals surface area (Å²) in [4.78, 5) is 2.46. The SMILES string of the molecule is CCCN(C/C=C/C#CC(C)(C)C)Cc1cccc(COC/C=C/c2ccsc2)c1. The fourth-order valence-electron chi connectivity index (χ4n) is 2.94. The Hall–Kier alpha value is -2.12. The predicted octanol–water partition coefficient (Wildman–Crippen LogP) is 6.80. The molecule has 0 radical (unpaired) electrons. The van der Waals surface area contributed by atoms with E-state index in [1.165, 1.54) is 16.7 Å². The molecule has 1 aromatic carbocycles. The second-order valence-electron chi connectivity index (χ2n) is 8.45. The molecule has 0 unspecified atom stereocenters. The molecule has 2 aromatic rings. The third-order valence-corrected chi connectivity index (χ3v) is 4.99. The maximum absolute atomic E-state index is 5.82. The highest BCUT2D eigenvalue weighted by Gasteiger charge is 2.05. The molecule has 0 fully saturated rings. The molecule has 0 N–H and O–H groups in total. The molecule has 0 aliphatic heterocycles. The third kappa shape index (κ3) is 10.6. The number of nitrogens with zero attached hydrogens (tertiary/aromatic N) is 1. The quantitative estimate of drug-likeness (QED) is 0.292. The summed E-state index contributed by atoms with van der Waals surface area (Å²) in [5.41, 5.74) is 3.84. The second kappa shape index (κ2) is 13.2. The van der Waals surface area contributed by atoms with Crippen molar-refractivity contribution in [1.82, 2.24) is 4.90 Å². The maximum Gasteiger partial charge on any atom is 0.0721 e. The van der Waals surface area contributed by atoms with E-state index >= 15 is 0 Å². The Morgan fingerprint density at radius 3 is 2.70 bits per heavy atom. The molecule has 0 atom stereocenters. The van der Waals surface area contributed by atoms with E-state index < -0.39 is 0 Å². The molecule has 2 rings (SSSR count). The van der Waals surface area contributed by atoms with E-state index in [9.17, 15) is 0 Å². The fourth-order valence-corrected chi connectivity index (χ4v) is 3.57. The Labute approximate surface area is 187 Å². The summed E-state index contributed by atoms with van der Waals surface area (Å²) in [6.45, 7) is 12.8.